The lowest BCUT2D eigenvalue weighted by atomic mass is 10.2. The van der Waals surface area contributed by atoms with Crippen LogP contribution in [0.5, 0.6) is 0 Å². The van der Waals surface area contributed by atoms with Gasteiger partial charge >= 0.3 is 0 Å². The van der Waals surface area contributed by atoms with E-state index in [1.807, 2.05) is 24.5 Å². The fourth-order valence-corrected chi connectivity index (χ4v) is 3.70. The molecule has 118 valence electrons. The van der Waals surface area contributed by atoms with Crippen LogP contribution in [0.1, 0.15) is 5.56 Å². The molecule has 0 spiro atoms. The average Bonchev–Trinajstić information content (AvgIpc) is 2.95. The third-order valence-electron chi connectivity index (χ3n) is 3.25. The van der Waals surface area contributed by atoms with Crippen LogP contribution in [-0.2, 0) is 6.54 Å². The van der Waals surface area contributed by atoms with E-state index in [1.165, 1.54) is 12.1 Å². The fourth-order valence-electron chi connectivity index (χ4n) is 2.15. The van der Waals surface area contributed by atoms with Gasteiger partial charge in [-0.1, -0.05) is 17.8 Å². The highest BCUT2D eigenvalue weighted by Crippen LogP contribution is 2.29. The fraction of sp³-hybridized carbons (Fsp3) is 0.133. The highest BCUT2D eigenvalue weighted by atomic mass is 32.2. The molecule has 0 saturated carbocycles. The number of benzene rings is 2. The van der Waals surface area contributed by atoms with Gasteiger partial charge < -0.3 is 5.32 Å². The molecule has 0 aliphatic rings. The standard InChI is InChI=1S/C15H12FN3O2S2/c1-22-15-18-12-4-2-9(6-14(12)23-15)8-17-11-5-3-10(16)7-13(11)19(20)21/h2-7,17H,8H2,1H3. The largest absolute Gasteiger partial charge is 0.375 e. The van der Waals surface area contributed by atoms with E-state index >= 15 is 0 Å². The number of hydrogen-bond acceptors (Lipinski definition) is 6. The van der Waals surface area contributed by atoms with Gasteiger partial charge in [0.1, 0.15) is 11.5 Å². The van der Waals surface area contributed by atoms with Crippen LogP contribution in [0.2, 0.25) is 0 Å². The third-order valence-corrected chi connectivity index (χ3v) is 5.25. The zero-order chi connectivity index (χ0) is 16.4. The van der Waals surface area contributed by atoms with Gasteiger partial charge in [0.25, 0.3) is 5.69 Å². The normalized spacial score (nSPS) is 10.9. The highest BCUT2D eigenvalue weighted by molar-refractivity contribution is 8.00. The smallest absolute Gasteiger partial charge is 0.295 e. The van der Waals surface area contributed by atoms with Gasteiger partial charge in [-0.3, -0.25) is 10.1 Å². The van der Waals surface area contributed by atoms with Crippen molar-refractivity contribution in [2.24, 2.45) is 0 Å². The van der Waals surface area contributed by atoms with Crippen LogP contribution in [0.15, 0.2) is 40.7 Å². The molecule has 0 saturated heterocycles. The van der Waals surface area contributed by atoms with Crippen molar-refractivity contribution in [3.63, 3.8) is 0 Å². The number of nitro benzene ring substituents is 1. The van der Waals surface area contributed by atoms with Crippen molar-refractivity contribution in [3.8, 4) is 0 Å². The molecule has 1 heterocycles. The van der Waals surface area contributed by atoms with Gasteiger partial charge in [-0.05, 0) is 36.1 Å². The molecular formula is C15H12FN3O2S2. The Kier molecular flexibility index (Phi) is 4.44. The quantitative estimate of drug-likeness (QED) is 0.411. The molecule has 5 nitrogen and oxygen atoms in total. The Morgan fingerprint density at radius 3 is 2.91 bits per heavy atom. The van der Waals surface area contributed by atoms with Crippen LogP contribution < -0.4 is 5.32 Å². The number of halogens is 1. The van der Waals surface area contributed by atoms with Crippen LogP contribution in [0, 0.1) is 15.9 Å². The first-order valence-corrected chi connectivity index (χ1v) is 8.72. The zero-order valence-corrected chi connectivity index (χ0v) is 13.7. The third kappa shape index (κ3) is 3.43. The van der Waals surface area contributed by atoms with Crippen molar-refractivity contribution >= 4 is 44.7 Å². The van der Waals surface area contributed by atoms with Crippen molar-refractivity contribution in [1.82, 2.24) is 4.98 Å². The molecule has 1 N–H and O–H groups in total. The number of thiazole rings is 1. The predicted octanol–water partition coefficient (Wildman–Crippen LogP) is 4.68. The number of rotatable bonds is 5. The average molecular weight is 349 g/mol. The van der Waals surface area contributed by atoms with Gasteiger partial charge in [0.05, 0.1) is 21.2 Å². The number of nitrogens with zero attached hydrogens (tertiary/aromatic N) is 2. The molecule has 2 aromatic carbocycles. The maximum atomic E-state index is 13.1. The summed E-state index contributed by atoms with van der Waals surface area (Å²) < 4.78 is 15.2. The SMILES string of the molecule is CSc1nc2ccc(CNc3ccc(F)cc3[N+](=O)[O-])cc2s1. The first-order chi connectivity index (χ1) is 11.1. The van der Waals surface area contributed by atoms with E-state index in [0.29, 0.717) is 12.2 Å². The van der Waals surface area contributed by atoms with Crippen LogP contribution in [0.25, 0.3) is 10.2 Å². The number of aromatic nitrogens is 1. The molecule has 0 atom stereocenters. The number of nitro groups is 1. The number of hydrogen-bond donors (Lipinski definition) is 1. The van der Waals surface area contributed by atoms with Crippen LogP contribution >= 0.6 is 23.1 Å². The molecular weight excluding hydrogens is 337 g/mol. The summed E-state index contributed by atoms with van der Waals surface area (Å²) >= 11 is 3.21. The summed E-state index contributed by atoms with van der Waals surface area (Å²) in [5, 5.41) is 14.0. The minimum atomic E-state index is -0.627. The number of thioether (sulfide) groups is 1. The van der Waals surface area contributed by atoms with Gasteiger partial charge in [0.2, 0.25) is 0 Å². The van der Waals surface area contributed by atoms with E-state index in [0.717, 1.165) is 26.2 Å². The number of anilines is 1. The second kappa shape index (κ2) is 6.51. The molecule has 3 aromatic rings. The molecule has 0 aliphatic heterocycles. The lowest BCUT2D eigenvalue weighted by Crippen LogP contribution is -2.03. The summed E-state index contributed by atoms with van der Waals surface area (Å²) in [4.78, 5) is 14.9. The van der Waals surface area contributed by atoms with Crippen molar-refractivity contribution in [2.45, 2.75) is 10.9 Å². The van der Waals surface area contributed by atoms with E-state index in [2.05, 4.69) is 10.3 Å². The first kappa shape index (κ1) is 15.7. The second-order valence-corrected chi connectivity index (χ2v) is 6.84. The zero-order valence-electron chi connectivity index (χ0n) is 12.1. The maximum Gasteiger partial charge on any atom is 0.295 e. The van der Waals surface area contributed by atoms with Gasteiger partial charge in [0.15, 0.2) is 4.34 Å². The summed E-state index contributed by atoms with van der Waals surface area (Å²) in [6.45, 7) is 0.412. The monoisotopic (exact) mass is 349 g/mol. The lowest BCUT2D eigenvalue weighted by Gasteiger charge is -2.07. The second-order valence-electron chi connectivity index (χ2n) is 4.76. The molecule has 0 bridgehead atoms. The summed E-state index contributed by atoms with van der Waals surface area (Å²) in [6.07, 6.45) is 1.98. The minimum absolute atomic E-state index is 0.270. The van der Waals surface area contributed by atoms with E-state index in [-0.39, 0.29) is 5.69 Å². The Hall–Kier alpha value is -2.19. The topological polar surface area (TPSA) is 68.1 Å². The summed E-state index contributed by atoms with van der Waals surface area (Å²) in [5.41, 5.74) is 1.95. The molecule has 0 fully saturated rings. The summed E-state index contributed by atoms with van der Waals surface area (Å²) in [7, 11) is 0. The molecule has 0 aliphatic carbocycles. The maximum absolute atomic E-state index is 13.1. The Balaban J connectivity index is 1.82. The Morgan fingerprint density at radius 1 is 1.35 bits per heavy atom. The summed E-state index contributed by atoms with van der Waals surface area (Å²) in [5.74, 6) is -0.627. The lowest BCUT2D eigenvalue weighted by molar-refractivity contribution is -0.384. The van der Waals surface area contributed by atoms with E-state index in [4.69, 9.17) is 0 Å². The van der Waals surface area contributed by atoms with Crippen LogP contribution in [0.3, 0.4) is 0 Å². The van der Waals surface area contributed by atoms with Crippen LogP contribution in [0.4, 0.5) is 15.8 Å². The minimum Gasteiger partial charge on any atom is -0.375 e. The van der Waals surface area contributed by atoms with Crippen molar-refractivity contribution in [1.29, 1.82) is 0 Å². The molecule has 0 unspecified atom stereocenters. The van der Waals surface area contributed by atoms with Gasteiger partial charge in [0, 0.05) is 6.54 Å². The number of fused-ring (bicyclic) bond motifs is 1. The Bertz CT molecular complexity index is 882. The van der Waals surface area contributed by atoms with Crippen molar-refractivity contribution < 1.29 is 9.31 Å². The highest BCUT2D eigenvalue weighted by Gasteiger charge is 2.14. The number of nitrogens with one attached hydrogen (secondary N) is 1. The Morgan fingerprint density at radius 2 is 2.17 bits per heavy atom. The first-order valence-electron chi connectivity index (χ1n) is 6.68. The van der Waals surface area contributed by atoms with E-state index < -0.39 is 10.7 Å². The van der Waals surface area contributed by atoms with E-state index in [1.54, 1.807) is 23.1 Å². The van der Waals surface area contributed by atoms with E-state index in [9.17, 15) is 14.5 Å². The van der Waals surface area contributed by atoms with Crippen LogP contribution in [-0.4, -0.2) is 16.2 Å². The van der Waals surface area contributed by atoms with Crippen molar-refractivity contribution in [2.75, 3.05) is 11.6 Å². The van der Waals surface area contributed by atoms with Gasteiger partial charge in [-0.25, -0.2) is 9.37 Å². The van der Waals surface area contributed by atoms with Crippen molar-refractivity contribution in [3.05, 3.63) is 57.9 Å². The van der Waals surface area contributed by atoms with Gasteiger partial charge in [-0.2, -0.15) is 0 Å². The Labute approximate surface area is 139 Å². The molecule has 23 heavy (non-hydrogen) atoms. The molecule has 1 aromatic heterocycles. The van der Waals surface area contributed by atoms with Gasteiger partial charge in [-0.15, -0.1) is 11.3 Å². The molecule has 8 heteroatoms. The summed E-state index contributed by atoms with van der Waals surface area (Å²) in [6, 6.07) is 9.36. The molecule has 0 amide bonds. The molecule has 0 radical (unpaired) electrons. The molecule has 3 rings (SSSR count). The predicted molar refractivity (Wildman–Crippen MR) is 91.8 cm³/mol.